The van der Waals surface area contributed by atoms with Gasteiger partial charge in [0, 0.05) is 30.9 Å². The van der Waals surface area contributed by atoms with E-state index in [1.165, 1.54) is 12.5 Å². The van der Waals surface area contributed by atoms with Gasteiger partial charge in [0.1, 0.15) is 11.5 Å². The largest absolute Gasteiger partial charge is 0.379 e. The summed E-state index contributed by atoms with van der Waals surface area (Å²) in [4.78, 5) is 34.3. The molecule has 25 heavy (non-hydrogen) atoms. The zero-order valence-electron chi connectivity index (χ0n) is 14.5. The zero-order chi connectivity index (χ0) is 18.4. The van der Waals surface area contributed by atoms with Gasteiger partial charge in [-0.1, -0.05) is 32.3 Å². The first-order valence-corrected chi connectivity index (χ1v) is 8.74. The lowest BCUT2D eigenvalue weighted by atomic mass is 9.80. The normalized spacial score (nSPS) is 16.2. The van der Waals surface area contributed by atoms with Crippen LogP contribution in [0.25, 0.3) is 0 Å². The summed E-state index contributed by atoms with van der Waals surface area (Å²) in [6, 6.07) is 4.79. The van der Waals surface area contributed by atoms with Gasteiger partial charge in [-0.05, 0) is 24.5 Å². The number of amides is 1. The van der Waals surface area contributed by atoms with Crippen LogP contribution in [-0.4, -0.2) is 23.2 Å². The molecule has 7 heteroatoms. The molecule has 136 valence electrons. The molecule has 1 saturated carbocycles. The number of rotatable bonds is 8. The van der Waals surface area contributed by atoms with E-state index in [1.807, 2.05) is 6.92 Å². The van der Waals surface area contributed by atoms with Crippen molar-refractivity contribution in [2.24, 2.45) is 11.7 Å². The van der Waals surface area contributed by atoms with Crippen LogP contribution in [0.1, 0.15) is 56.9 Å². The lowest BCUT2D eigenvalue weighted by Crippen LogP contribution is -2.22. The summed E-state index contributed by atoms with van der Waals surface area (Å²) in [6.07, 6.45) is 5.25. The highest BCUT2D eigenvalue weighted by molar-refractivity contribution is 5.88. The van der Waals surface area contributed by atoms with E-state index in [0.717, 1.165) is 25.7 Å². The molecule has 0 radical (unpaired) electrons. The van der Waals surface area contributed by atoms with Gasteiger partial charge < -0.3 is 11.1 Å². The molecule has 3 N–H and O–H groups in total. The predicted molar refractivity (Wildman–Crippen MR) is 95.4 cm³/mol. The Bertz CT molecular complexity index is 654. The molecule has 0 aliphatic heterocycles. The summed E-state index contributed by atoms with van der Waals surface area (Å²) >= 11 is 0. The van der Waals surface area contributed by atoms with E-state index in [1.54, 1.807) is 12.1 Å². The molecule has 0 aromatic heterocycles. The second-order valence-corrected chi connectivity index (χ2v) is 6.64. The molecule has 0 bridgehead atoms. The molecule has 0 saturated heterocycles. The minimum Gasteiger partial charge on any atom is -0.379 e. The van der Waals surface area contributed by atoms with Crippen molar-refractivity contribution < 1.29 is 14.5 Å². The maximum atomic E-state index is 12.7. The molecular weight excluding hydrogens is 322 g/mol. The molecule has 1 amide bonds. The molecule has 7 nitrogen and oxygen atoms in total. The smallest absolute Gasteiger partial charge is 0.292 e. The van der Waals surface area contributed by atoms with Gasteiger partial charge in [-0.2, -0.15) is 0 Å². The van der Waals surface area contributed by atoms with Gasteiger partial charge in [0.25, 0.3) is 5.69 Å². The molecule has 0 heterocycles. The topological polar surface area (TPSA) is 115 Å². The van der Waals surface area contributed by atoms with Crippen molar-refractivity contribution in [2.75, 3.05) is 11.9 Å². The third kappa shape index (κ3) is 5.01. The Labute approximate surface area is 147 Å². The third-order valence-corrected chi connectivity index (χ3v) is 4.84. The number of nitrogens with zero attached hydrogens (tertiary/aromatic N) is 1. The van der Waals surface area contributed by atoms with Crippen LogP contribution < -0.4 is 11.1 Å². The first-order valence-electron chi connectivity index (χ1n) is 8.74. The Morgan fingerprint density at radius 1 is 1.32 bits per heavy atom. The standard InChI is InChI=1S/C18H25N3O4/c1-12(18(23)13-5-3-2-4-6-13)14-7-8-15(16(11-14)21(24)25)20-10-9-17(19)22/h7-8,11-13,20H,2-6,9-10H2,1H3,(H2,19,22). The highest BCUT2D eigenvalue weighted by Crippen LogP contribution is 2.33. The molecule has 1 aromatic carbocycles. The van der Waals surface area contributed by atoms with Crippen LogP contribution >= 0.6 is 0 Å². The number of carbonyl (C=O) groups is 2. The number of nitro groups is 1. The summed E-state index contributed by atoms with van der Waals surface area (Å²) in [6.45, 7) is 2.04. The number of primary amides is 1. The van der Waals surface area contributed by atoms with Gasteiger partial charge in [0.05, 0.1) is 4.92 Å². The monoisotopic (exact) mass is 347 g/mol. The number of anilines is 1. The van der Waals surface area contributed by atoms with Crippen LogP contribution in [0.3, 0.4) is 0 Å². The van der Waals surface area contributed by atoms with E-state index in [9.17, 15) is 19.7 Å². The number of benzene rings is 1. The lowest BCUT2D eigenvalue weighted by Gasteiger charge is -2.23. The van der Waals surface area contributed by atoms with E-state index in [-0.39, 0.29) is 36.3 Å². The maximum Gasteiger partial charge on any atom is 0.292 e. The van der Waals surface area contributed by atoms with Gasteiger partial charge in [-0.3, -0.25) is 19.7 Å². The fraction of sp³-hybridized carbons (Fsp3) is 0.556. The number of Topliss-reactive ketones (excluding diaryl/α,β-unsaturated/α-hetero) is 1. The van der Waals surface area contributed by atoms with E-state index in [4.69, 9.17) is 5.73 Å². The number of nitro benzene ring substituents is 1. The van der Waals surface area contributed by atoms with Crippen LogP contribution in [-0.2, 0) is 9.59 Å². The third-order valence-electron chi connectivity index (χ3n) is 4.84. The Morgan fingerprint density at radius 2 is 2.00 bits per heavy atom. The van der Waals surface area contributed by atoms with E-state index < -0.39 is 10.8 Å². The van der Waals surface area contributed by atoms with Gasteiger partial charge >= 0.3 is 0 Å². The lowest BCUT2D eigenvalue weighted by molar-refractivity contribution is -0.384. The zero-order valence-corrected chi connectivity index (χ0v) is 14.5. The van der Waals surface area contributed by atoms with Gasteiger partial charge in [-0.25, -0.2) is 0 Å². The first kappa shape index (κ1) is 18.9. The quantitative estimate of drug-likeness (QED) is 0.553. The summed E-state index contributed by atoms with van der Waals surface area (Å²) in [7, 11) is 0. The molecule has 1 aromatic rings. The van der Waals surface area contributed by atoms with Crippen molar-refractivity contribution in [2.45, 2.75) is 51.4 Å². The Kier molecular flexibility index (Phi) is 6.50. The van der Waals surface area contributed by atoms with Crippen molar-refractivity contribution in [3.05, 3.63) is 33.9 Å². The van der Waals surface area contributed by atoms with E-state index >= 15 is 0 Å². The van der Waals surface area contributed by atoms with Crippen molar-refractivity contribution >= 4 is 23.1 Å². The second-order valence-electron chi connectivity index (χ2n) is 6.64. The average molecular weight is 347 g/mol. The molecule has 1 unspecified atom stereocenters. The average Bonchev–Trinajstić information content (AvgIpc) is 2.61. The molecule has 1 fully saturated rings. The van der Waals surface area contributed by atoms with Crippen LogP contribution in [0, 0.1) is 16.0 Å². The van der Waals surface area contributed by atoms with Crippen LogP contribution in [0.2, 0.25) is 0 Å². The van der Waals surface area contributed by atoms with Crippen molar-refractivity contribution in [1.29, 1.82) is 0 Å². The van der Waals surface area contributed by atoms with Crippen molar-refractivity contribution in [3.8, 4) is 0 Å². The molecule has 1 aliphatic carbocycles. The molecule has 0 spiro atoms. The highest BCUT2D eigenvalue weighted by atomic mass is 16.6. The Hall–Kier alpha value is -2.44. The number of hydrogen-bond donors (Lipinski definition) is 2. The van der Waals surface area contributed by atoms with Crippen molar-refractivity contribution in [3.63, 3.8) is 0 Å². The number of carbonyl (C=O) groups excluding carboxylic acids is 2. The molecule has 1 aliphatic rings. The molecule has 2 rings (SSSR count). The number of ketones is 1. The fourth-order valence-electron chi connectivity index (χ4n) is 3.34. The minimum atomic E-state index is -0.478. The number of nitrogens with one attached hydrogen (secondary N) is 1. The second kappa shape index (κ2) is 8.60. The maximum absolute atomic E-state index is 12.7. The van der Waals surface area contributed by atoms with Gasteiger partial charge in [0.2, 0.25) is 5.91 Å². The Morgan fingerprint density at radius 3 is 2.60 bits per heavy atom. The SMILES string of the molecule is CC(C(=O)C1CCCCC1)c1ccc(NCCC(N)=O)c([N+](=O)[O-])c1. The fourth-order valence-corrected chi connectivity index (χ4v) is 3.34. The summed E-state index contributed by atoms with van der Waals surface area (Å²) in [5, 5.41) is 14.2. The summed E-state index contributed by atoms with van der Waals surface area (Å²) in [5.41, 5.74) is 5.96. The minimum absolute atomic E-state index is 0.0659. The molecule has 1 atom stereocenters. The first-order chi connectivity index (χ1) is 11.9. The van der Waals surface area contributed by atoms with Crippen molar-refractivity contribution in [1.82, 2.24) is 0 Å². The number of hydrogen-bond acceptors (Lipinski definition) is 5. The van der Waals surface area contributed by atoms with E-state index in [0.29, 0.717) is 11.3 Å². The van der Waals surface area contributed by atoms with Gasteiger partial charge in [-0.15, -0.1) is 0 Å². The highest BCUT2D eigenvalue weighted by Gasteiger charge is 2.27. The summed E-state index contributed by atoms with van der Waals surface area (Å²) in [5.74, 6) is -0.598. The van der Waals surface area contributed by atoms with E-state index in [2.05, 4.69) is 5.32 Å². The Balaban J connectivity index is 2.15. The van der Waals surface area contributed by atoms with Crippen LogP contribution in [0.4, 0.5) is 11.4 Å². The summed E-state index contributed by atoms with van der Waals surface area (Å²) < 4.78 is 0. The van der Waals surface area contributed by atoms with Crippen LogP contribution in [0.5, 0.6) is 0 Å². The number of nitrogens with two attached hydrogens (primary N) is 1. The van der Waals surface area contributed by atoms with Crippen LogP contribution in [0.15, 0.2) is 18.2 Å². The predicted octanol–water partition coefficient (Wildman–Crippen LogP) is 3.14. The molecular formula is C18H25N3O4. The van der Waals surface area contributed by atoms with Gasteiger partial charge in [0.15, 0.2) is 0 Å².